The summed E-state index contributed by atoms with van der Waals surface area (Å²) in [6.07, 6.45) is 0. The van der Waals surface area contributed by atoms with E-state index >= 15 is 0 Å². The van der Waals surface area contributed by atoms with Crippen LogP contribution in [0.15, 0.2) is 34.6 Å². The highest BCUT2D eigenvalue weighted by Crippen LogP contribution is 2.26. The van der Waals surface area contributed by atoms with Gasteiger partial charge in [-0.1, -0.05) is 17.3 Å². The van der Waals surface area contributed by atoms with Gasteiger partial charge in [-0.25, -0.2) is 0 Å². The van der Waals surface area contributed by atoms with E-state index in [9.17, 15) is 0 Å². The molecule has 1 aliphatic rings. The van der Waals surface area contributed by atoms with E-state index < -0.39 is 0 Å². The molecular weight excluding hydrogens is 212 g/mol. The highest BCUT2D eigenvalue weighted by molar-refractivity contribution is 6.48. The third kappa shape index (κ3) is 1.82. The lowest BCUT2D eigenvalue weighted by atomic mass is 10.1. The highest BCUT2D eigenvalue weighted by Gasteiger charge is 2.27. The molecule has 0 radical (unpaired) electrons. The first-order valence-electron chi connectivity index (χ1n) is 4.67. The van der Waals surface area contributed by atoms with E-state index in [1.807, 2.05) is 0 Å². The number of rotatable bonds is 3. The van der Waals surface area contributed by atoms with Crippen molar-refractivity contribution in [1.82, 2.24) is 0 Å². The van der Waals surface area contributed by atoms with Crippen LogP contribution in [0, 0.1) is 0 Å². The normalized spacial score (nSPS) is 18.6. The van der Waals surface area contributed by atoms with Gasteiger partial charge in [-0.15, -0.1) is 0 Å². The summed E-state index contributed by atoms with van der Waals surface area (Å²) in [5.41, 5.74) is 0.866. The molecule has 16 heavy (non-hydrogen) atoms. The van der Waals surface area contributed by atoms with Crippen LogP contribution in [-0.2, 0) is 4.84 Å². The lowest BCUT2D eigenvalue weighted by Crippen LogP contribution is -2.14. The van der Waals surface area contributed by atoms with Gasteiger partial charge in [0.15, 0.2) is 5.71 Å². The monoisotopic (exact) mass is 222 g/mol. The van der Waals surface area contributed by atoms with Crippen LogP contribution in [0.2, 0.25) is 0 Å². The molecule has 0 aromatic heterocycles. The Hall–Kier alpha value is -2.08. The van der Waals surface area contributed by atoms with Gasteiger partial charge in [-0.05, 0) is 17.3 Å². The summed E-state index contributed by atoms with van der Waals surface area (Å²) in [4.78, 5) is 4.75. The second-order valence-corrected chi connectivity index (χ2v) is 3.00. The number of ether oxygens (including phenoxy) is 1. The smallest absolute Gasteiger partial charge is 0.286 e. The zero-order chi connectivity index (χ0) is 11.4. The van der Waals surface area contributed by atoms with Crippen molar-refractivity contribution in [2.75, 3.05) is 13.2 Å². The standard InChI is InChI=1S/C10H10N2O4/c13-5-6-15-12-10-9(11-14)7-3-1-2-4-8(7)16-10/h1-4,13-14H,5-6H2. The van der Waals surface area contributed by atoms with Crippen molar-refractivity contribution in [1.29, 1.82) is 0 Å². The summed E-state index contributed by atoms with van der Waals surface area (Å²) in [6, 6.07) is 7.07. The molecule has 0 bridgehead atoms. The third-order valence-corrected chi connectivity index (χ3v) is 1.98. The first kappa shape index (κ1) is 10.4. The predicted octanol–water partition coefficient (Wildman–Crippen LogP) is 0.580. The van der Waals surface area contributed by atoms with E-state index in [0.29, 0.717) is 11.3 Å². The molecule has 84 valence electrons. The molecule has 2 N–H and O–H groups in total. The molecule has 1 aliphatic heterocycles. The Morgan fingerprint density at radius 2 is 2.12 bits per heavy atom. The fraction of sp³-hybridized carbons (Fsp3) is 0.200. The summed E-state index contributed by atoms with van der Waals surface area (Å²) in [6.45, 7) is -0.0861. The molecule has 6 heteroatoms. The Balaban J connectivity index is 2.25. The summed E-state index contributed by atoms with van der Waals surface area (Å²) >= 11 is 0. The molecule has 0 spiro atoms. The van der Waals surface area contributed by atoms with Crippen molar-refractivity contribution in [2.45, 2.75) is 0 Å². The van der Waals surface area contributed by atoms with Crippen molar-refractivity contribution in [3.05, 3.63) is 29.8 Å². The number of fused-ring (bicyclic) bond motifs is 1. The van der Waals surface area contributed by atoms with Gasteiger partial charge in [0.05, 0.1) is 12.2 Å². The van der Waals surface area contributed by atoms with Crippen LogP contribution in [0.4, 0.5) is 0 Å². The number of nitrogens with zero attached hydrogens (tertiary/aromatic N) is 2. The Kier molecular flexibility index (Phi) is 3.02. The van der Waals surface area contributed by atoms with E-state index in [1.165, 1.54) is 0 Å². The molecule has 1 aromatic carbocycles. The van der Waals surface area contributed by atoms with Crippen LogP contribution >= 0.6 is 0 Å². The molecule has 0 amide bonds. The van der Waals surface area contributed by atoms with E-state index in [4.69, 9.17) is 19.9 Å². The number of aliphatic hydroxyl groups excluding tert-OH is 1. The summed E-state index contributed by atoms with van der Waals surface area (Å²) in [5, 5.41) is 24.1. The van der Waals surface area contributed by atoms with Gasteiger partial charge in [-0.2, -0.15) is 0 Å². The van der Waals surface area contributed by atoms with Gasteiger partial charge in [-0.3, -0.25) is 0 Å². The minimum absolute atomic E-state index is 0.0575. The summed E-state index contributed by atoms with van der Waals surface area (Å²) in [5.74, 6) is 0.638. The minimum atomic E-state index is -0.144. The lowest BCUT2D eigenvalue weighted by Gasteiger charge is -1.97. The topological polar surface area (TPSA) is 83.6 Å². The van der Waals surface area contributed by atoms with Crippen LogP contribution in [0.1, 0.15) is 5.56 Å². The molecule has 1 heterocycles. The van der Waals surface area contributed by atoms with Crippen LogP contribution < -0.4 is 4.74 Å². The maximum atomic E-state index is 8.86. The average molecular weight is 222 g/mol. The molecule has 2 rings (SSSR count). The Labute approximate surface area is 91.4 Å². The molecule has 0 saturated heterocycles. The zero-order valence-electron chi connectivity index (χ0n) is 8.33. The molecule has 0 atom stereocenters. The Morgan fingerprint density at radius 3 is 2.88 bits per heavy atom. The van der Waals surface area contributed by atoms with Crippen molar-refractivity contribution >= 4 is 11.6 Å². The molecule has 0 saturated carbocycles. The summed E-state index contributed by atoms with van der Waals surface area (Å²) < 4.78 is 5.31. The Bertz CT molecular complexity index is 442. The number of para-hydroxylation sites is 1. The van der Waals surface area contributed by atoms with E-state index in [0.717, 1.165) is 0 Å². The van der Waals surface area contributed by atoms with Crippen LogP contribution in [0.25, 0.3) is 0 Å². The van der Waals surface area contributed by atoms with Gasteiger partial charge in [0, 0.05) is 0 Å². The Morgan fingerprint density at radius 1 is 1.31 bits per heavy atom. The molecule has 0 aliphatic carbocycles. The van der Waals surface area contributed by atoms with Gasteiger partial charge < -0.3 is 19.9 Å². The van der Waals surface area contributed by atoms with Crippen LogP contribution in [-0.4, -0.2) is 35.1 Å². The number of oxime groups is 2. The van der Waals surface area contributed by atoms with Crippen LogP contribution in [0.5, 0.6) is 5.75 Å². The molecule has 6 nitrogen and oxygen atoms in total. The maximum Gasteiger partial charge on any atom is 0.286 e. The van der Waals surface area contributed by atoms with Gasteiger partial charge in [0.25, 0.3) is 5.90 Å². The number of hydrogen-bond donors (Lipinski definition) is 2. The van der Waals surface area contributed by atoms with E-state index in [1.54, 1.807) is 24.3 Å². The number of benzene rings is 1. The SMILES string of the molecule is OCCON=C1Oc2ccccc2C1=NO. The van der Waals surface area contributed by atoms with Crippen molar-refractivity contribution in [3.63, 3.8) is 0 Å². The van der Waals surface area contributed by atoms with Gasteiger partial charge >= 0.3 is 0 Å². The molecular formula is C10H10N2O4. The highest BCUT2D eigenvalue weighted by atomic mass is 16.7. The third-order valence-electron chi connectivity index (χ3n) is 1.98. The van der Waals surface area contributed by atoms with E-state index in [-0.39, 0.29) is 24.8 Å². The van der Waals surface area contributed by atoms with Crippen molar-refractivity contribution in [3.8, 4) is 5.75 Å². The lowest BCUT2D eigenvalue weighted by molar-refractivity contribution is 0.0960. The molecule has 1 aromatic rings. The summed E-state index contributed by atoms with van der Waals surface area (Å²) in [7, 11) is 0. The fourth-order valence-electron chi connectivity index (χ4n) is 1.32. The number of aliphatic hydroxyl groups is 1. The first-order chi connectivity index (χ1) is 7.86. The van der Waals surface area contributed by atoms with Crippen LogP contribution in [0.3, 0.4) is 0 Å². The van der Waals surface area contributed by atoms with Gasteiger partial charge in [0.1, 0.15) is 12.4 Å². The molecule has 0 fully saturated rings. The van der Waals surface area contributed by atoms with Crippen molar-refractivity contribution < 1.29 is 19.9 Å². The maximum absolute atomic E-state index is 8.86. The second-order valence-electron chi connectivity index (χ2n) is 3.00. The fourth-order valence-corrected chi connectivity index (χ4v) is 1.32. The second kappa shape index (κ2) is 4.63. The minimum Gasteiger partial charge on any atom is -0.434 e. The number of hydrogen-bond acceptors (Lipinski definition) is 6. The quantitative estimate of drug-likeness (QED) is 0.445. The van der Waals surface area contributed by atoms with E-state index in [2.05, 4.69) is 10.3 Å². The largest absolute Gasteiger partial charge is 0.434 e. The first-order valence-corrected chi connectivity index (χ1v) is 4.67. The van der Waals surface area contributed by atoms with Crippen molar-refractivity contribution in [2.24, 2.45) is 10.3 Å². The zero-order valence-corrected chi connectivity index (χ0v) is 8.33. The van der Waals surface area contributed by atoms with Gasteiger partial charge in [0.2, 0.25) is 0 Å². The predicted molar refractivity (Wildman–Crippen MR) is 55.9 cm³/mol. The molecule has 0 unspecified atom stereocenters. The average Bonchev–Trinajstić information content (AvgIpc) is 2.67.